The van der Waals surface area contributed by atoms with Crippen molar-refractivity contribution in [1.82, 2.24) is 15.5 Å². The van der Waals surface area contributed by atoms with Gasteiger partial charge >= 0.3 is 0 Å². The van der Waals surface area contributed by atoms with Crippen molar-refractivity contribution in [2.75, 3.05) is 5.73 Å². The van der Waals surface area contributed by atoms with Gasteiger partial charge in [-0.2, -0.15) is 5.10 Å². The van der Waals surface area contributed by atoms with Crippen LogP contribution in [0.2, 0.25) is 0 Å². The molecule has 5 nitrogen and oxygen atoms in total. The molecule has 4 N–H and O–H groups in total. The average Bonchev–Trinajstić information content (AvgIpc) is 2.85. The zero-order chi connectivity index (χ0) is 14.1. The van der Waals surface area contributed by atoms with Crippen LogP contribution in [0.3, 0.4) is 0 Å². The lowest BCUT2D eigenvalue weighted by Crippen LogP contribution is -2.31. The summed E-state index contributed by atoms with van der Waals surface area (Å²) in [7, 11) is 0. The number of hydrogen-bond donors (Lipinski definition) is 3. The van der Waals surface area contributed by atoms with E-state index in [1.165, 1.54) is 11.1 Å². The van der Waals surface area contributed by atoms with Gasteiger partial charge in [0.25, 0.3) is 5.91 Å². The van der Waals surface area contributed by atoms with Crippen molar-refractivity contribution in [3.05, 3.63) is 46.8 Å². The van der Waals surface area contributed by atoms with Crippen molar-refractivity contribution >= 4 is 24.0 Å². The van der Waals surface area contributed by atoms with E-state index in [0.717, 1.165) is 30.6 Å². The van der Waals surface area contributed by atoms with Crippen LogP contribution in [-0.2, 0) is 6.42 Å². The molecule has 112 valence electrons. The maximum absolute atomic E-state index is 12.3. The predicted octanol–water partition coefficient (Wildman–Crippen LogP) is 2.53. The topological polar surface area (TPSA) is 83.8 Å². The monoisotopic (exact) mass is 306 g/mol. The van der Waals surface area contributed by atoms with Crippen LogP contribution in [0.4, 0.5) is 5.69 Å². The van der Waals surface area contributed by atoms with E-state index in [9.17, 15) is 4.79 Å². The van der Waals surface area contributed by atoms with Gasteiger partial charge in [0, 0.05) is 11.4 Å². The Bertz CT molecular complexity index is 653. The van der Waals surface area contributed by atoms with Crippen molar-refractivity contribution < 1.29 is 4.79 Å². The molecule has 2 aromatic rings. The van der Waals surface area contributed by atoms with E-state index in [1.807, 2.05) is 25.1 Å². The fourth-order valence-corrected chi connectivity index (χ4v) is 2.80. The number of halogens is 1. The number of aryl methyl sites for hydroxylation is 2. The molecule has 1 atom stereocenters. The number of nitrogens with one attached hydrogen (secondary N) is 2. The smallest absolute Gasteiger partial charge is 0.255 e. The highest BCUT2D eigenvalue weighted by atomic mass is 35.5. The molecule has 1 aliphatic carbocycles. The predicted molar refractivity (Wildman–Crippen MR) is 84.6 cm³/mol. The molecule has 0 saturated heterocycles. The Hall–Kier alpha value is -2.01. The minimum absolute atomic E-state index is 0. The lowest BCUT2D eigenvalue weighted by atomic mass is 9.87. The zero-order valence-electron chi connectivity index (χ0n) is 11.8. The quantitative estimate of drug-likeness (QED) is 0.745. The van der Waals surface area contributed by atoms with E-state index < -0.39 is 0 Å². The highest BCUT2D eigenvalue weighted by Crippen LogP contribution is 2.31. The summed E-state index contributed by atoms with van der Waals surface area (Å²) in [5.41, 5.74) is 10.4. The van der Waals surface area contributed by atoms with Crippen molar-refractivity contribution in [1.29, 1.82) is 0 Å². The number of fused-ring (bicyclic) bond motifs is 1. The van der Waals surface area contributed by atoms with Gasteiger partial charge in [0.1, 0.15) is 0 Å². The Morgan fingerprint density at radius 3 is 3.00 bits per heavy atom. The molecule has 0 fully saturated rings. The standard InChI is InChI=1S/C15H18N4O.ClH/c1-9-13(8-17-19-9)15(20)18-14-4-2-3-10-7-11(16)5-6-12(10)14;/h5-8,14H,2-4,16H2,1H3,(H,17,19)(H,18,20);1H. The van der Waals surface area contributed by atoms with Gasteiger partial charge in [0.2, 0.25) is 0 Å². The summed E-state index contributed by atoms with van der Waals surface area (Å²) in [5.74, 6) is -0.0778. The number of nitrogens with zero attached hydrogens (tertiary/aromatic N) is 1. The molecule has 1 unspecified atom stereocenters. The van der Waals surface area contributed by atoms with Crippen molar-refractivity contribution in [3.63, 3.8) is 0 Å². The van der Waals surface area contributed by atoms with Gasteiger partial charge in [0.15, 0.2) is 0 Å². The first-order chi connectivity index (χ1) is 9.65. The molecule has 6 heteroatoms. The Morgan fingerprint density at radius 1 is 1.48 bits per heavy atom. The second-order valence-corrected chi connectivity index (χ2v) is 5.29. The number of hydrogen-bond acceptors (Lipinski definition) is 3. The lowest BCUT2D eigenvalue weighted by Gasteiger charge is -2.26. The fourth-order valence-electron chi connectivity index (χ4n) is 2.80. The van der Waals surface area contributed by atoms with Crippen molar-refractivity contribution in [3.8, 4) is 0 Å². The highest BCUT2D eigenvalue weighted by Gasteiger charge is 2.23. The highest BCUT2D eigenvalue weighted by molar-refractivity contribution is 5.95. The molecule has 0 aliphatic heterocycles. The second-order valence-electron chi connectivity index (χ2n) is 5.29. The first kappa shape index (κ1) is 15.4. The van der Waals surface area contributed by atoms with Crippen LogP contribution in [-0.4, -0.2) is 16.1 Å². The number of anilines is 1. The maximum Gasteiger partial charge on any atom is 0.255 e. The van der Waals surface area contributed by atoms with Gasteiger partial charge < -0.3 is 11.1 Å². The van der Waals surface area contributed by atoms with Gasteiger partial charge in [-0.05, 0) is 49.4 Å². The fraction of sp³-hybridized carbons (Fsp3) is 0.333. The van der Waals surface area contributed by atoms with E-state index in [2.05, 4.69) is 15.5 Å². The number of amides is 1. The summed E-state index contributed by atoms with van der Waals surface area (Å²) >= 11 is 0. The molecule has 1 heterocycles. The molecule has 3 rings (SSSR count). The lowest BCUT2D eigenvalue weighted by molar-refractivity contribution is 0.0932. The molecule has 1 aliphatic rings. The number of carbonyl (C=O) groups is 1. The molecule has 1 aromatic heterocycles. The van der Waals surface area contributed by atoms with Gasteiger partial charge in [-0.15, -0.1) is 12.4 Å². The van der Waals surface area contributed by atoms with Crippen LogP contribution in [0, 0.1) is 6.92 Å². The maximum atomic E-state index is 12.3. The van der Waals surface area contributed by atoms with Gasteiger partial charge in [-0.3, -0.25) is 9.89 Å². The average molecular weight is 307 g/mol. The number of carbonyl (C=O) groups excluding carboxylic acids is 1. The number of rotatable bonds is 2. The van der Waals surface area contributed by atoms with E-state index in [1.54, 1.807) is 6.20 Å². The summed E-state index contributed by atoms with van der Waals surface area (Å²) in [6, 6.07) is 5.99. The third-order valence-electron chi connectivity index (χ3n) is 3.86. The van der Waals surface area contributed by atoms with Crippen LogP contribution in [0.15, 0.2) is 24.4 Å². The molecular formula is C15H19ClN4O. The number of nitrogen functional groups attached to an aromatic ring is 1. The van der Waals surface area contributed by atoms with Crippen LogP contribution >= 0.6 is 12.4 Å². The molecule has 1 aromatic carbocycles. The third-order valence-corrected chi connectivity index (χ3v) is 3.86. The number of nitrogens with two attached hydrogens (primary N) is 1. The van der Waals surface area contributed by atoms with Crippen LogP contribution in [0.25, 0.3) is 0 Å². The molecule has 1 amide bonds. The van der Waals surface area contributed by atoms with Gasteiger partial charge in [-0.1, -0.05) is 6.07 Å². The normalized spacial score (nSPS) is 16.7. The van der Waals surface area contributed by atoms with Crippen LogP contribution < -0.4 is 11.1 Å². The SMILES string of the molecule is Cc1[nH]ncc1C(=O)NC1CCCc2cc(N)ccc21.Cl. The Morgan fingerprint density at radius 2 is 2.29 bits per heavy atom. The molecule has 0 bridgehead atoms. The van der Waals surface area contributed by atoms with E-state index >= 15 is 0 Å². The molecule has 0 spiro atoms. The van der Waals surface area contributed by atoms with E-state index in [0.29, 0.717) is 5.56 Å². The van der Waals surface area contributed by atoms with Crippen molar-refractivity contribution in [2.24, 2.45) is 0 Å². The number of benzene rings is 1. The van der Waals surface area contributed by atoms with E-state index in [-0.39, 0.29) is 24.4 Å². The molecule has 21 heavy (non-hydrogen) atoms. The number of aromatic amines is 1. The number of aromatic nitrogens is 2. The first-order valence-electron chi connectivity index (χ1n) is 6.84. The molecule has 0 saturated carbocycles. The van der Waals surface area contributed by atoms with Crippen LogP contribution in [0.5, 0.6) is 0 Å². The third kappa shape index (κ3) is 3.03. The zero-order valence-corrected chi connectivity index (χ0v) is 12.7. The van der Waals surface area contributed by atoms with Gasteiger partial charge in [-0.25, -0.2) is 0 Å². The summed E-state index contributed by atoms with van der Waals surface area (Å²) in [6.45, 7) is 1.84. The molecular weight excluding hydrogens is 288 g/mol. The van der Waals surface area contributed by atoms with Crippen LogP contribution in [0.1, 0.15) is 46.1 Å². The summed E-state index contributed by atoms with van der Waals surface area (Å²) in [4.78, 5) is 12.3. The summed E-state index contributed by atoms with van der Waals surface area (Å²) < 4.78 is 0. The Balaban J connectivity index is 0.00000161. The largest absolute Gasteiger partial charge is 0.399 e. The summed E-state index contributed by atoms with van der Waals surface area (Å²) in [5, 5.41) is 9.77. The minimum atomic E-state index is -0.0778. The first-order valence-corrected chi connectivity index (χ1v) is 6.84. The Kier molecular flexibility index (Phi) is 4.53. The summed E-state index contributed by atoms with van der Waals surface area (Å²) in [6.07, 6.45) is 4.61. The van der Waals surface area contributed by atoms with Gasteiger partial charge in [0.05, 0.1) is 17.8 Å². The molecule has 0 radical (unpaired) electrons. The second kappa shape index (κ2) is 6.18. The minimum Gasteiger partial charge on any atom is -0.399 e. The van der Waals surface area contributed by atoms with Crippen molar-refractivity contribution in [2.45, 2.75) is 32.2 Å². The van der Waals surface area contributed by atoms with E-state index in [4.69, 9.17) is 5.73 Å². The number of H-pyrrole nitrogens is 1. The Labute approximate surface area is 129 Å².